The Morgan fingerprint density at radius 2 is 1.76 bits per heavy atom. The summed E-state index contributed by atoms with van der Waals surface area (Å²) in [5.41, 5.74) is 4.48. The van der Waals surface area contributed by atoms with E-state index in [9.17, 15) is 14.9 Å². The Labute approximate surface area is 167 Å². The van der Waals surface area contributed by atoms with Crippen LogP contribution in [0.4, 0.5) is 5.69 Å². The van der Waals surface area contributed by atoms with E-state index in [1.807, 2.05) is 53.2 Å². The molecule has 1 aromatic heterocycles. The summed E-state index contributed by atoms with van der Waals surface area (Å²) in [4.78, 5) is 22.5. The van der Waals surface area contributed by atoms with Crippen LogP contribution in [-0.4, -0.2) is 22.6 Å². The van der Waals surface area contributed by atoms with Crippen molar-refractivity contribution in [3.63, 3.8) is 0 Å². The van der Waals surface area contributed by atoms with Gasteiger partial charge in [-0.2, -0.15) is 0 Å². The lowest BCUT2D eigenvalue weighted by atomic mass is 10.0. The largest absolute Gasteiger partial charge is 0.465 e. The van der Waals surface area contributed by atoms with Crippen molar-refractivity contribution in [3.05, 3.63) is 100 Å². The second-order valence-corrected chi connectivity index (χ2v) is 6.68. The molecule has 1 heterocycles. The van der Waals surface area contributed by atoms with E-state index in [2.05, 4.69) is 0 Å². The minimum Gasteiger partial charge on any atom is -0.465 e. The third-order valence-electron chi connectivity index (χ3n) is 4.89. The zero-order valence-electron chi connectivity index (χ0n) is 15.7. The number of rotatable bonds is 5. The van der Waals surface area contributed by atoms with E-state index in [-0.39, 0.29) is 5.69 Å². The van der Waals surface area contributed by atoms with Crippen LogP contribution in [0.15, 0.2) is 79.0 Å². The van der Waals surface area contributed by atoms with Crippen LogP contribution in [0.25, 0.3) is 22.0 Å². The number of aromatic nitrogens is 1. The Balaban J connectivity index is 1.82. The number of hydrogen-bond donors (Lipinski definition) is 0. The van der Waals surface area contributed by atoms with E-state index in [1.165, 1.54) is 19.2 Å². The maximum absolute atomic E-state index is 12.0. The number of nitro benzene ring substituents is 1. The van der Waals surface area contributed by atoms with Crippen molar-refractivity contribution < 1.29 is 14.5 Å². The molecular formula is C23H18N2O4. The van der Waals surface area contributed by atoms with Gasteiger partial charge < -0.3 is 9.30 Å². The second-order valence-electron chi connectivity index (χ2n) is 6.68. The topological polar surface area (TPSA) is 74.4 Å². The average molecular weight is 386 g/mol. The fourth-order valence-electron chi connectivity index (χ4n) is 3.44. The van der Waals surface area contributed by atoms with Gasteiger partial charge in [-0.1, -0.05) is 48.5 Å². The van der Waals surface area contributed by atoms with Crippen LogP contribution in [0.5, 0.6) is 0 Å². The molecule has 0 aliphatic heterocycles. The number of ether oxygens (including phenoxy) is 1. The number of hydrogen-bond acceptors (Lipinski definition) is 4. The van der Waals surface area contributed by atoms with E-state index in [0.717, 1.165) is 27.6 Å². The highest BCUT2D eigenvalue weighted by Gasteiger charge is 2.14. The summed E-state index contributed by atoms with van der Waals surface area (Å²) in [7, 11) is 1.36. The molecule has 0 atom stereocenters. The van der Waals surface area contributed by atoms with E-state index in [4.69, 9.17) is 4.74 Å². The molecule has 6 heteroatoms. The van der Waals surface area contributed by atoms with Gasteiger partial charge in [0.25, 0.3) is 5.69 Å². The normalized spacial score (nSPS) is 10.8. The van der Waals surface area contributed by atoms with E-state index in [0.29, 0.717) is 12.1 Å². The maximum atomic E-state index is 12.0. The average Bonchev–Trinajstić information content (AvgIpc) is 3.12. The van der Waals surface area contributed by atoms with Crippen molar-refractivity contribution >= 4 is 22.6 Å². The minimum atomic E-state index is -0.412. The molecular weight excluding hydrogens is 368 g/mol. The van der Waals surface area contributed by atoms with Crippen LogP contribution >= 0.6 is 0 Å². The van der Waals surface area contributed by atoms with Crippen LogP contribution in [0, 0.1) is 10.1 Å². The molecule has 0 bridgehead atoms. The van der Waals surface area contributed by atoms with Crippen molar-refractivity contribution in [1.29, 1.82) is 0 Å². The van der Waals surface area contributed by atoms with Crippen molar-refractivity contribution in [1.82, 2.24) is 4.57 Å². The standard InChI is InChI=1S/C23H18N2O4/c1-29-23(26)18-9-12-20-21(17-5-3-2-4-6-17)15-24(22(20)13-18)14-16-7-10-19(11-8-16)25(27)28/h2-13,15H,14H2,1H3. The quantitative estimate of drug-likeness (QED) is 0.273. The number of carbonyl (C=O) groups is 1. The summed E-state index contributed by atoms with van der Waals surface area (Å²) < 4.78 is 6.91. The Morgan fingerprint density at radius 1 is 1.03 bits per heavy atom. The number of benzene rings is 3. The molecule has 0 spiro atoms. The van der Waals surface area contributed by atoms with Gasteiger partial charge >= 0.3 is 5.97 Å². The molecule has 0 amide bonds. The summed E-state index contributed by atoms with van der Waals surface area (Å²) in [6, 6.07) is 22.0. The summed E-state index contributed by atoms with van der Waals surface area (Å²) in [6.07, 6.45) is 2.04. The van der Waals surface area contributed by atoms with E-state index < -0.39 is 10.9 Å². The van der Waals surface area contributed by atoms with Gasteiger partial charge in [-0.3, -0.25) is 10.1 Å². The molecule has 0 saturated heterocycles. The first kappa shape index (κ1) is 18.4. The number of nitrogens with zero attached hydrogens (tertiary/aromatic N) is 2. The summed E-state index contributed by atoms with van der Waals surface area (Å²) >= 11 is 0. The van der Waals surface area contributed by atoms with Gasteiger partial charge in [-0.15, -0.1) is 0 Å². The molecule has 29 heavy (non-hydrogen) atoms. The summed E-state index contributed by atoms with van der Waals surface area (Å²) in [6.45, 7) is 0.520. The summed E-state index contributed by atoms with van der Waals surface area (Å²) in [5.74, 6) is -0.392. The molecule has 0 saturated carbocycles. The maximum Gasteiger partial charge on any atom is 0.337 e. The lowest BCUT2D eigenvalue weighted by Crippen LogP contribution is -2.02. The Morgan fingerprint density at radius 3 is 2.41 bits per heavy atom. The van der Waals surface area contributed by atoms with Gasteiger partial charge in [-0.25, -0.2) is 4.79 Å². The second kappa shape index (κ2) is 7.59. The Hall–Kier alpha value is -3.93. The summed E-state index contributed by atoms with van der Waals surface area (Å²) in [5, 5.41) is 11.9. The zero-order valence-corrected chi connectivity index (χ0v) is 15.7. The monoisotopic (exact) mass is 386 g/mol. The van der Waals surface area contributed by atoms with Gasteiger partial charge in [0.1, 0.15) is 0 Å². The first-order valence-corrected chi connectivity index (χ1v) is 9.07. The molecule has 0 aliphatic carbocycles. The van der Waals surface area contributed by atoms with E-state index >= 15 is 0 Å². The molecule has 0 radical (unpaired) electrons. The van der Waals surface area contributed by atoms with Gasteiger partial charge in [-0.05, 0) is 23.3 Å². The Kier molecular flexibility index (Phi) is 4.83. The lowest BCUT2D eigenvalue weighted by molar-refractivity contribution is -0.384. The SMILES string of the molecule is COC(=O)c1ccc2c(-c3ccccc3)cn(Cc3ccc([N+](=O)[O-])cc3)c2c1. The molecule has 3 aromatic carbocycles. The molecule has 6 nitrogen and oxygen atoms in total. The van der Waals surface area contributed by atoms with Crippen molar-refractivity contribution in [2.24, 2.45) is 0 Å². The van der Waals surface area contributed by atoms with E-state index in [1.54, 1.807) is 18.2 Å². The first-order chi connectivity index (χ1) is 14.1. The zero-order chi connectivity index (χ0) is 20.4. The smallest absolute Gasteiger partial charge is 0.337 e. The van der Waals surface area contributed by atoms with Gasteiger partial charge in [0, 0.05) is 41.3 Å². The number of methoxy groups -OCH3 is 1. The molecule has 144 valence electrons. The molecule has 4 aromatic rings. The lowest BCUT2D eigenvalue weighted by Gasteiger charge is -2.07. The molecule has 0 N–H and O–H groups in total. The predicted molar refractivity (Wildman–Crippen MR) is 111 cm³/mol. The number of nitro groups is 1. The molecule has 0 aliphatic rings. The van der Waals surface area contributed by atoms with Crippen LogP contribution < -0.4 is 0 Å². The fraction of sp³-hybridized carbons (Fsp3) is 0.0870. The van der Waals surface area contributed by atoms with Crippen LogP contribution in [0.1, 0.15) is 15.9 Å². The highest BCUT2D eigenvalue weighted by Crippen LogP contribution is 2.32. The molecule has 0 fully saturated rings. The third-order valence-corrected chi connectivity index (χ3v) is 4.89. The number of fused-ring (bicyclic) bond motifs is 1. The van der Waals surface area contributed by atoms with Crippen molar-refractivity contribution in [2.45, 2.75) is 6.54 Å². The van der Waals surface area contributed by atoms with Gasteiger partial charge in [0.2, 0.25) is 0 Å². The van der Waals surface area contributed by atoms with Crippen molar-refractivity contribution in [2.75, 3.05) is 7.11 Å². The highest BCUT2D eigenvalue weighted by atomic mass is 16.6. The Bertz CT molecular complexity index is 1200. The van der Waals surface area contributed by atoms with Crippen LogP contribution in [0.2, 0.25) is 0 Å². The first-order valence-electron chi connectivity index (χ1n) is 9.07. The highest BCUT2D eigenvalue weighted by molar-refractivity contribution is 6.00. The van der Waals surface area contributed by atoms with Gasteiger partial charge in [0.15, 0.2) is 0 Å². The molecule has 4 rings (SSSR count). The van der Waals surface area contributed by atoms with Crippen LogP contribution in [-0.2, 0) is 11.3 Å². The molecule has 0 unspecified atom stereocenters. The number of non-ortho nitro benzene ring substituents is 1. The van der Waals surface area contributed by atoms with Crippen LogP contribution in [0.3, 0.4) is 0 Å². The number of esters is 1. The number of carbonyl (C=O) groups excluding carboxylic acids is 1. The third kappa shape index (κ3) is 3.60. The minimum absolute atomic E-state index is 0.0593. The predicted octanol–water partition coefficient (Wildman–Crippen LogP) is 5.05. The van der Waals surface area contributed by atoms with Gasteiger partial charge in [0.05, 0.1) is 17.6 Å². The van der Waals surface area contributed by atoms with Crippen molar-refractivity contribution in [3.8, 4) is 11.1 Å². The fourth-order valence-corrected chi connectivity index (χ4v) is 3.44.